The topological polar surface area (TPSA) is 40.5 Å². The smallest absolute Gasteiger partial charge is 0.0908 e. The van der Waals surface area contributed by atoms with Crippen LogP contribution in [0.3, 0.4) is 0 Å². The zero-order valence-corrected chi connectivity index (χ0v) is 9.65. The van der Waals surface area contributed by atoms with Crippen molar-refractivity contribution in [3.05, 3.63) is 12.7 Å². The lowest BCUT2D eigenvalue weighted by molar-refractivity contribution is 0.0165. The summed E-state index contributed by atoms with van der Waals surface area (Å²) in [5.74, 6) is 7.20. The fourth-order valence-electron chi connectivity index (χ4n) is 1.35. The summed E-state index contributed by atoms with van der Waals surface area (Å²) in [4.78, 5) is 0. The van der Waals surface area contributed by atoms with Gasteiger partial charge in [-0.15, -0.1) is 13.0 Å². The Bertz CT molecular complexity index is 277. The molecule has 0 aliphatic heterocycles. The largest absolute Gasteiger partial charge is 0.390 e. The molecular weight excluding hydrogens is 200 g/mol. The highest BCUT2D eigenvalue weighted by Crippen LogP contribution is 2.10. The van der Waals surface area contributed by atoms with Crippen molar-refractivity contribution in [2.24, 2.45) is 0 Å². The summed E-state index contributed by atoms with van der Waals surface area (Å²) >= 11 is 0. The van der Waals surface area contributed by atoms with Crippen LogP contribution in [-0.2, 0) is 0 Å². The lowest BCUT2D eigenvalue weighted by Crippen LogP contribution is -2.25. The minimum absolute atomic E-state index is 0.234. The number of rotatable bonds is 8. The summed E-state index contributed by atoms with van der Waals surface area (Å²) in [6.07, 6.45) is 10.2. The fourth-order valence-corrected chi connectivity index (χ4v) is 1.35. The predicted octanol–water partition coefficient (Wildman–Crippen LogP) is 1.87. The maximum absolute atomic E-state index is 9.58. The van der Waals surface area contributed by atoms with Gasteiger partial charge in [0, 0.05) is 6.42 Å². The van der Waals surface area contributed by atoms with Crippen LogP contribution in [0.2, 0.25) is 0 Å². The van der Waals surface area contributed by atoms with Crippen LogP contribution < -0.4 is 0 Å². The quantitative estimate of drug-likeness (QED) is 0.372. The summed E-state index contributed by atoms with van der Waals surface area (Å²) in [5.41, 5.74) is 0. The highest BCUT2D eigenvalue weighted by Gasteiger charge is 2.14. The minimum Gasteiger partial charge on any atom is -0.390 e. The van der Waals surface area contributed by atoms with Crippen molar-refractivity contribution in [2.45, 2.75) is 50.7 Å². The first-order chi connectivity index (χ1) is 7.72. The van der Waals surface area contributed by atoms with Crippen LogP contribution in [0.4, 0.5) is 0 Å². The molecule has 0 aromatic rings. The van der Waals surface area contributed by atoms with Crippen LogP contribution in [0, 0.1) is 24.2 Å². The van der Waals surface area contributed by atoms with Gasteiger partial charge >= 0.3 is 0 Å². The molecule has 0 aliphatic carbocycles. The van der Waals surface area contributed by atoms with E-state index in [9.17, 15) is 10.2 Å². The molecule has 0 bridgehead atoms. The molecule has 0 aliphatic rings. The second-order valence-electron chi connectivity index (χ2n) is 3.71. The first kappa shape index (κ1) is 14.8. The summed E-state index contributed by atoms with van der Waals surface area (Å²) in [6.45, 7) is 3.64. The number of terminal acetylenes is 1. The summed E-state index contributed by atoms with van der Waals surface area (Å²) in [7, 11) is 0. The molecule has 2 heteroatoms. The van der Waals surface area contributed by atoms with Crippen LogP contribution in [0.1, 0.15) is 38.5 Å². The van der Waals surface area contributed by atoms with Crippen molar-refractivity contribution in [1.29, 1.82) is 0 Å². The van der Waals surface area contributed by atoms with Gasteiger partial charge in [0.25, 0.3) is 0 Å². The third kappa shape index (κ3) is 8.12. The minimum atomic E-state index is -0.791. The van der Waals surface area contributed by atoms with Crippen molar-refractivity contribution in [1.82, 2.24) is 0 Å². The normalized spacial score (nSPS) is 13.1. The number of hydrogen-bond donors (Lipinski definition) is 2. The highest BCUT2D eigenvalue weighted by atomic mass is 16.3. The van der Waals surface area contributed by atoms with E-state index in [4.69, 9.17) is 6.42 Å². The van der Waals surface area contributed by atoms with Gasteiger partial charge in [-0.1, -0.05) is 24.8 Å². The van der Waals surface area contributed by atoms with Crippen molar-refractivity contribution < 1.29 is 10.2 Å². The first-order valence-electron chi connectivity index (χ1n) is 5.62. The summed E-state index contributed by atoms with van der Waals surface area (Å²) in [5, 5.41) is 19.1. The van der Waals surface area contributed by atoms with Gasteiger partial charge in [-0.05, 0) is 31.1 Å². The summed E-state index contributed by atoms with van der Waals surface area (Å²) in [6, 6.07) is 0. The first-order valence-corrected chi connectivity index (χ1v) is 5.62. The Hall–Kier alpha value is -1.22. The second kappa shape index (κ2) is 10.3. The number of hydrogen-bond acceptors (Lipinski definition) is 2. The van der Waals surface area contributed by atoms with Gasteiger partial charge in [-0.3, -0.25) is 0 Å². The lowest BCUT2D eigenvalue weighted by atomic mass is 10.0. The molecule has 88 valence electrons. The van der Waals surface area contributed by atoms with Crippen molar-refractivity contribution in [3.8, 4) is 24.2 Å². The van der Waals surface area contributed by atoms with E-state index in [0.29, 0.717) is 6.42 Å². The highest BCUT2D eigenvalue weighted by molar-refractivity contribution is 5.21. The molecule has 2 nitrogen and oxygen atoms in total. The zero-order chi connectivity index (χ0) is 12.2. The van der Waals surface area contributed by atoms with Gasteiger partial charge in [0.15, 0.2) is 0 Å². The van der Waals surface area contributed by atoms with E-state index in [1.807, 2.05) is 6.08 Å². The molecule has 0 saturated heterocycles. The molecule has 0 amide bonds. The van der Waals surface area contributed by atoms with E-state index >= 15 is 0 Å². The third-order valence-electron chi connectivity index (χ3n) is 2.32. The van der Waals surface area contributed by atoms with Gasteiger partial charge in [-0.2, -0.15) is 0 Å². The van der Waals surface area contributed by atoms with Gasteiger partial charge in [0.05, 0.1) is 12.2 Å². The molecule has 0 aromatic carbocycles. The van der Waals surface area contributed by atoms with Gasteiger partial charge < -0.3 is 10.2 Å². The molecule has 0 unspecified atom stereocenters. The molecule has 0 rings (SSSR count). The Labute approximate surface area is 98.4 Å². The Balaban J connectivity index is 3.59. The maximum Gasteiger partial charge on any atom is 0.0908 e. The Morgan fingerprint density at radius 2 is 1.94 bits per heavy atom. The van der Waals surface area contributed by atoms with Gasteiger partial charge in [0.1, 0.15) is 0 Å². The van der Waals surface area contributed by atoms with E-state index in [0.717, 1.165) is 25.7 Å². The van der Waals surface area contributed by atoms with E-state index in [-0.39, 0.29) is 6.42 Å². The number of unbranched alkanes of at least 4 members (excludes halogenated alkanes) is 3. The van der Waals surface area contributed by atoms with Crippen molar-refractivity contribution in [2.75, 3.05) is 0 Å². The molecule has 0 spiro atoms. The van der Waals surface area contributed by atoms with E-state index in [2.05, 4.69) is 24.3 Å². The van der Waals surface area contributed by atoms with Crippen LogP contribution in [0.5, 0.6) is 0 Å². The van der Waals surface area contributed by atoms with Gasteiger partial charge in [0.2, 0.25) is 0 Å². The molecule has 0 radical (unpaired) electrons. The van der Waals surface area contributed by atoms with Crippen LogP contribution >= 0.6 is 0 Å². The standard InChI is InChI=1S/C14H20O2/c1-3-5-7-8-10-12-14(16)13(15)11-9-6-4-2/h2-3,13-16H,1,5,7-8,10-12H2/t13-,14-/m1/s1. The SMILES string of the molecule is C#CC#CC[C@@H](O)[C@H](O)CCCCCC=C. The average Bonchev–Trinajstić information content (AvgIpc) is 2.28. The third-order valence-corrected chi connectivity index (χ3v) is 2.32. The second-order valence-corrected chi connectivity index (χ2v) is 3.71. The molecule has 0 saturated carbocycles. The number of allylic oxidation sites excluding steroid dienone is 1. The molecule has 0 heterocycles. The molecule has 16 heavy (non-hydrogen) atoms. The molecule has 0 aromatic heterocycles. The van der Waals surface area contributed by atoms with Crippen LogP contribution in [0.25, 0.3) is 0 Å². The van der Waals surface area contributed by atoms with Crippen molar-refractivity contribution in [3.63, 3.8) is 0 Å². The number of aliphatic hydroxyl groups is 2. The number of aliphatic hydroxyl groups excluding tert-OH is 2. The van der Waals surface area contributed by atoms with Gasteiger partial charge in [-0.25, -0.2) is 0 Å². The Morgan fingerprint density at radius 3 is 2.56 bits per heavy atom. The van der Waals surface area contributed by atoms with E-state index in [1.54, 1.807) is 0 Å². The maximum atomic E-state index is 9.58. The van der Waals surface area contributed by atoms with Crippen LogP contribution in [0.15, 0.2) is 12.7 Å². The fraction of sp³-hybridized carbons (Fsp3) is 0.571. The molecule has 2 atom stereocenters. The predicted molar refractivity (Wildman–Crippen MR) is 66.5 cm³/mol. The molecule has 0 fully saturated rings. The van der Waals surface area contributed by atoms with E-state index < -0.39 is 12.2 Å². The monoisotopic (exact) mass is 220 g/mol. The Morgan fingerprint density at radius 1 is 1.19 bits per heavy atom. The zero-order valence-electron chi connectivity index (χ0n) is 9.65. The molecular formula is C14H20O2. The van der Waals surface area contributed by atoms with Crippen LogP contribution in [-0.4, -0.2) is 22.4 Å². The lowest BCUT2D eigenvalue weighted by Gasteiger charge is -2.15. The summed E-state index contributed by atoms with van der Waals surface area (Å²) < 4.78 is 0. The van der Waals surface area contributed by atoms with Crippen molar-refractivity contribution >= 4 is 0 Å². The average molecular weight is 220 g/mol. The Kier molecular flexibility index (Phi) is 9.52. The van der Waals surface area contributed by atoms with E-state index in [1.165, 1.54) is 0 Å². The molecule has 2 N–H and O–H groups in total.